The summed E-state index contributed by atoms with van der Waals surface area (Å²) in [4.78, 5) is 11.7. The van der Waals surface area contributed by atoms with E-state index < -0.39 is 0 Å². The van der Waals surface area contributed by atoms with Crippen LogP contribution in [0.4, 0.5) is 5.69 Å². The van der Waals surface area contributed by atoms with E-state index in [2.05, 4.69) is 95.0 Å². The normalized spacial score (nSPS) is 20.1. The monoisotopic (exact) mass is 518 g/mol. The Kier molecular flexibility index (Phi) is 7.79. The van der Waals surface area contributed by atoms with Gasteiger partial charge in [0.05, 0.1) is 31.0 Å². The molecule has 5 rings (SSSR count). The first-order valence-corrected chi connectivity index (χ1v) is 13.6. The van der Waals surface area contributed by atoms with Gasteiger partial charge in [-0.1, -0.05) is 6.07 Å². The second-order valence-electron chi connectivity index (χ2n) is 10.3. The minimum Gasteiger partial charge on any atom is -0.378 e. The van der Waals surface area contributed by atoms with E-state index in [0.29, 0.717) is 0 Å². The van der Waals surface area contributed by atoms with E-state index in [0.717, 1.165) is 56.6 Å². The van der Waals surface area contributed by atoms with E-state index in [1.54, 1.807) is 0 Å². The summed E-state index contributed by atoms with van der Waals surface area (Å²) in [5, 5.41) is 4.41. The van der Waals surface area contributed by atoms with E-state index in [-0.39, 0.29) is 12.1 Å². The zero-order valence-corrected chi connectivity index (χ0v) is 23.2. The third-order valence-corrected chi connectivity index (χ3v) is 7.83. The van der Waals surface area contributed by atoms with E-state index in [4.69, 9.17) is 21.9 Å². The van der Waals surface area contributed by atoms with Gasteiger partial charge in [-0.25, -0.2) is 0 Å². The number of hydrogen-bond donors (Lipinski definition) is 1. The van der Waals surface area contributed by atoms with Crippen molar-refractivity contribution in [1.82, 2.24) is 24.7 Å². The summed E-state index contributed by atoms with van der Waals surface area (Å²) in [6.45, 7) is 9.81. The molecular weight excluding hydrogens is 480 g/mol. The highest BCUT2D eigenvalue weighted by atomic mass is 32.1. The van der Waals surface area contributed by atoms with Crippen LogP contribution in [0.15, 0.2) is 54.7 Å². The fourth-order valence-corrected chi connectivity index (χ4v) is 5.99. The zero-order chi connectivity index (χ0) is 25.9. The van der Waals surface area contributed by atoms with Crippen molar-refractivity contribution in [3.8, 4) is 5.69 Å². The summed E-state index contributed by atoms with van der Waals surface area (Å²) in [5.41, 5.74) is 7.21. The van der Waals surface area contributed by atoms with Crippen molar-refractivity contribution in [2.75, 3.05) is 58.4 Å². The van der Waals surface area contributed by atoms with Crippen molar-refractivity contribution >= 4 is 23.0 Å². The topological polar surface area (TPSA) is 48.8 Å². The summed E-state index contributed by atoms with van der Waals surface area (Å²) < 4.78 is 7.89. The first-order valence-electron chi connectivity index (χ1n) is 13.2. The number of rotatable bonds is 8. The lowest BCUT2D eigenvalue weighted by Gasteiger charge is -2.29. The van der Waals surface area contributed by atoms with Crippen molar-refractivity contribution in [3.63, 3.8) is 0 Å². The van der Waals surface area contributed by atoms with Gasteiger partial charge >= 0.3 is 0 Å². The van der Waals surface area contributed by atoms with Crippen LogP contribution < -0.4 is 10.2 Å². The maximum atomic E-state index is 5.88. The Labute approximate surface area is 226 Å². The third-order valence-electron chi connectivity index (χ3n) is 7.48. The number of benzene rings is 1. The van der Waals surface area contributed by atoms with Crippen LogP contribution in [-0.2, 0) is 4.74 Å². The summed E-state index contributed by atoms with van der Waals surface area (Å²) in [7, 11) is 4.24. The average molecular weight is 519 g/mol. The van der Waals surface area contributed by atoms with E-state index in [1.807, 2.05) is 12.3 Å². The Balaban J connectivity index is 1.48. The van der Waals surface area contributed by atoms with E-state index in [9.17, 15) is 0 Å². The van der Waals surface area contributed by atoms with Gasteiger partial charge in [0.25, 0.3) is 0 Å². The molecule has 0 amide bonds. The molecule has 1 aromatic carbocycles. The molecule has 4 heterocycles. The Morgan fingerprint density at radius 1 is 1.05 bits per heavy atom. The van der Waals surface area contributed by atoms with Crippen LogP contribution in [0.2, 0.25) is 0 Å². The molecule has 2 aliphatic heterocycles. The number of morpholine rings is 1. The van der Waals surface area contributed by atoms with Crippen molar-refractivity contribution in [3.05, 3.63) is 77.4 Å². The number of pyridine rings is 1. The Bertz CT molecular complexity index is 1200. The average Bonchev–Trinajstić information content (AvgIpc) is 3.39. The number of thiocarbonyl (C=S) groups is 1. The number of aryl methyl sites for hydroxylation is 1. The molecule has 2 atom stereocenters. The van der Waals surface area contributed by atoms with Crippen molar-refractivity contribution in [2.24, 2.45) is 0 Å². The Morgan fingerprint density at radius 2 is 1.78 bits per heavy atom. The minimum absolute atomic E-state index is 0.00528. The maximum Gasteiger partial charge on any atom is 0.170 e. The molecule has 196 valence electrons. The Hall–Kier alpha value is -2.94. The summed E-state index contributed by atoms with van der Waals surface area (Å²) in [5.74, 6) is 0. The van der Waals surface area contributed by atoms with Gasteiger partial charge in [-0.15, -0.1) is 0 Å². The lowest BCUT2D eigenvalue weighted by molar-refractivity contribution is 0.122. The van der Waals surface area contributed by atoms with Crippen LogP contribution in [0.25, 0.3) is 5.69 Å². The van der Waals surface area contributed by atoms with Crippen LogP contribution in [0.5, 0.6) is 0 Å². The molecule has 7 nitrogen and oxygen atoms in total. The molecule has 1 N–H and O–H groups in total. The molecule has 0 unspecified atom stereocenters. The highest BCUT2D eigenvalue weighted by molar-refractivity contribution is 7.80. The molecule has 2 fully saturated rings. The summed E-state index contributed by atoms with van der Waals surface area (Å²) in [6.07, 6.45) is 2.91. The van der Waals surface area contributed by atoms with Gasteiger partial charge < -0.3 is 29.3 Å². The maximum absolute atomic E-state index is 5.88. The predicted molar refractivity (Wildman–Crippen MR) is 154 cm³/mol. The highest BCUT2D eigenvalue weighted by Gasteiger charge is 2.41. The zero-order valence-electron chi connectivity index (χ0n) is 22.4. The van der Waals surface area contributed by atoms with Gasteiger partial charge in [-0.3, -0.25) is 4.98 Å². The van der Waals surface area contributed by atoms with Crippen molar-refractivity contribution in [1.29, 1.82) is 0 Å². The standard InChI is InChI=1S/C29H38N6OS/c1-21-20-25(22(2)35(21)24-11-9-23(10-12-24)33-16-18-36-19-17-33)28-27(26-8-5-6-13-30-26)31-29(37)34(28)15-7-14-32(3)4/h5-6,8-13,20,27-28H,7,14-19H2,1-4H3,(H,31,37)/t27-,28+/m1/s1. The number of aromatic nitrogens is 2. The largest absolute Gasteiger partial charge is 0.378 e. The second kappa shape index (κ2) is 11.2. The fraction of sp³-hybridized carbons (Fsp3) is 0.448. The summed E-state index contributed by atoms with van der Waals surface area (Å²) in [6, 6.07) is 17.5. The minimum atomic E-state index is 0.00528. The van der Waals surface area contributed by atoms with Gasteiger partial charge in [-0.05, 0) is 101 Å². The summed E-state index contributed by atoms with van der Waals surface area (Å²) >= 11 is 5.88. The van der Waals surface area contributed by atoms with Crippen LogP contribution in [0, 0.1) is 13.8 Å². The molecular formula is C29H38N6OS. The smallest absolute Gasteiger partial charge is 0.170 e. The predicted octanol–water partition coefficient (Wildman–Crippen LogP) is 4.25. The third kappa shape index (κ3) is 5.37. The molecule has 8 heteroatoms. The molecule has 0 radical (unpaired) electrons. The first-order chi connectivity index (χ1) is 17.9. The van der Waals surface area contributed by atoms with Crippen LogP contribution in [0.3, 0.4) is 0 Å². The molecule has 0 bridgehead atoms. The van der Waals surface area contributed by atoms with Crippen LogP contribution in [-0.4, -0.2) is 78.0 Å². The molecule has 3 aromatic rings. The number of nitrogens with zero attached hydrogens (tertiary/aromatic N) is 5. The number of ether oxygens (including phenoxy) is 1. The van der Waals surface area contributed by atoms with Gasteiger partial charge in [-0.2, -0.15) is 0 Å². The quantitative estimate of drug-likeness (QED) is 0.448. The number of hydrogen-bond acceptors (Lipinski definition) is 5. The lowest BCUT2D eigenvalue weighted by atomic mass is 9.96. The van der Waals surface area contributed by atoms with Crippen LogP contribution >= 0.6 is 12.2 Å². The molecule has 0 saturated carbocycles. The number of anilines is 1. The van der Waals surface area contributed by atoms with Crippen molar-refractivity contribution in [2.45, 2.75) is 32.4 Å². The molecule has 0 spiro atoms. The molecule has 2 aromatic heterocycles. The molecule has 0 aliphatic carbocycles. The van der Waals surface area contributed by atoms with Crippen molar-refractivity contribution < 1.29 is 4.74 Å². The fourth-order valence-electron chi connectivity index (χ4n) is 5.66. The van der Waals surface area contributed by atoms with Gasteiger partial charge in [0, 0.05) is 48.6 Å². The molecule has 2 saturated heterocycles. The molecule has 37 heavy (non-hydrogen) atoms. The van der Waals surface area contributed by atoms with E-state index >= 15 is 0 Å². The second-order valence-corrected chi connectivity index (χ2v) is 10.6. The van der Waals surface area contributed by atoms with Crippen LogP contribution in [0.1, 0.15) is 41.1 Å². The highest BCUT2D eigenvalue weighted by Crippen LogP contribution is 2.41. The van der Waals surface area contributed by atoms with Gasteiger partial charge in [0.2, 0.25) is 0 Å². The Morgan fingerprint density at radius 3 is 2.46 bits per heavy atom. The lowest BCUT2D eigenvalue weighted by Crippen LogP contribution is -2.36. The van der Waals surface area contributed by atoms with E-state index in [1.165, 1.54) is 28.3 Å². The van der Waals surface area contributed by atoms with Gasteiger partial charge in [0.1, 0.15) is 0 Å². The van der Waals surface area contributed by atoms with Gasteiger partial charge in [0.15, 0.2) is 5.11 Å². The molecule has 2 aliphatic rings. The number of nitrogens with one attached hydrogen (secondary N) is 1. The first kappa shape index (κ1) is 25.7. The SMILES string of the molecule is Cc1cc([C@H]2[C@@H](c3ccccn3)NC(=S)N2CCCN(C)C)c(C)n1-c1ccc(N2CCOCC2)cc1.